The Morgan fingerprint density at radius 3 is 1.52 bits per heavy atom. The molecule has 0 aliphatic heterocycles. The van der Waals surface area contributed by atoms with E-state index in [4.69, 9.17) is 9.47 Å². The topological polar surface area (TPSA) is 61.6 Å². The van der Waals surface area contributed by atoms with Gasteiger partial charge in [0.05, 0.1) is 19.1 Å². The summed E-state index contributed by atoms with van der Waals surface area (Å²) in [5.41, 5.74) is 1.84. The van der Waals surface area contributed by atoms with Gasteiger partial charge in [-0.15, -0.1) is 0 Å². The van der Waals surface area contributed by atoms with Gasteiger partial charge in [0.15, 0.2) is 0 Å². The molecule has 0 spiro atoms. The third-order valence-electron chi connectivity index (χ3n) is 4.50. The summed E-state index contributed by atoms with van der Waals surface area (Å²) in [7, 11) is 0. The van der Waals surface area contributed by atoms with Crippen molar-refractivity contribution in [3.63, 3.8) is 0 Å². The van der Waals surface area contributed by atoms with Gasteiger partial charge < -0.3 is 9.47 Å². The number of benzene rings is 2. The van der Waals surface area contributed by atoms with E-state index in [1.54, 1.807) is 0 Å². The summed E-state index contributed by atoms with van der Waals surface area (Å²) in [4.78, 5) is 11.5. The lowest BCUT2D eigenvalue weighted by molar-refractivity contribution is -0.525. The van der Waals surface area contributed by atoms with E-state index in [9.17, 15) is 10.1 Å². The van der Waals surface area contributed by atoms with Crippen LogP contribution in [-0.4, -0.2) is 24.2 Å². The quantitative estimate of drug-likeness (QED) is 0.389. The summed E-state index contributed by atoms with van der Waals surface area (Å²) >= 11 is 0. The molecular formula is C22H29NO4. The zero-order valence-electron chi connectivity index (χ0n) is 16.4. The zero-order chi connectivity index (χ0) is 19.6. The summed E-state index contributed by atoms with van der Waals surface area (Å²) in [6.45, 7) is 7.29. The number of ether oxygens (including phenoxy) is 2. The third-order valence-corrected chi connectivity index (χ3v) is 4.50. The molecule has 0 aliphatic carbocycles. The van der Waals surface area contributed by atoms with Crippen molar-refractivity contribution >= 4 is 0 Å². The molecule has 0 saturated heterocycles. The van der Waals surface area contributed by atoms with Crippen LogP contribution in [0.5, 0.6) is 11.5 Å². The fraction of sp³-hybridized carbons (Fsp3) is 0.455. The van der Waals surface area contributed by atoms with Crippen molar-refractivity contribution in [2.75, 3.05) is 13.2 Å². The highest BCUT2D eigenvalue weighted by Crippen LogP contribution is 2.33. The van der Waals surface area contributed by atoms with Gasteiger partial charge in [0.25, 0.3) is 0 Å². The van der Waals surface area contributed by atoms with E-state index in [2.05, 4.69) is 13.8 Å². The smallest absolute Gasteiger partial charge is 0.223 e. The van der Waals surface area contributed by atoms with Crippen LogP contribution in [0, 0.1) is 10.1 Å². The van der Waals surface area contributed by atoms with Crippen molar-refractivity contribution in [1.82, 2.24) is 0 Å². The fourth-order valence-corrected chi connectivity index (χ4v) is 3.13. The monoisotopic (exact) mass is 371 g/mol. The van der Waals surface area contributed by atoms with Crippen molar-refractivity contribution in [3.05, 3.63) is 69.8 Å². The van der Waals surface area contributed by atoms with E-state index in [0.717, 1.165) is 35.5 Å². The number of nitro groups is 1. The van der Waals surface area contributed by atoms with Crippen LogP contribution in [0.4, 0.5) is 0 Å². The lowest BCUT2D eigenvalue weighted by atomic mass is 9.84. The molecule has 0 N–H and O–H groups in total. The number of hydrogen-bond acceptors (Lipinski definition) is 4. The molecule has 0 fully saturated rings. The van der Waals surface area contributed by atoms with Gasteiger partial charge in [-0.1, -0.05) is 45.0 Å². The summed E-state index contributed by atoms with van der Waals surface area (Å²) in [6, 6.07) is 14.6. The average molecular weight is 371 g/mol. The first-order valence-corrected chi connectivity index (χ1v) is 9.69. The molecule has 27 heavy (non-hydrogen) atoms. The van der Waals surface area contributed by atoms with Crippen molar-refractivity contribution in [3.8, 4) is 11.5 Å². The van der Waals surface area contributed by atoms with Crippen molar-refractivity contribution < 1.29 is 14.4 Å². The minimum absolute atomic E-state index is 0.173. The molecule has 0 bridgehead atoms. The maximum atomic E-state index is 11.7. The Kier molecular flexibility index (Phi) is 8.11. The van der Waals surface area contributed by atoms with Gasteiger partial charge >= 0.3 is 0 Å². The molecule has 5 nitrogen and oxygen atoms in total. The molecule has 5 heteroatoms. The Balaban J connectivity index is 2.32. The maximum absolute atomic E-state index is 11.7. The van der Waals surface area contributed by atoms with Crippen LogP contribution in [0.15, 0.2) is 48.5 Å². The molecular weight excluding hydrogens is 342 g/mol. The predicted octanol–water partition coefficient (Wildman–Crippen LogP) is 5.45. The first-order valence-electron chi connectivity index (χ1n) is 9.69. The fourth-order valence-electron chi connectivity index (χ4n) is 3.13. The summed E-state index contributed by atoms with van der Waals surface area (Å²) in [5, 5.41) is 11.7. The van der Waals surface area contributed by atoms with Gasteiger partial charge in [0.2, 0.25) is 6.04 Å². The Labute approximate surface area is 161 Å². The van der Waals surface area contributed by atoms with Crippen LogP contribution in [0.3, 0.4) is 0 Å². The molecule has 2 aromatic carbocycles. The maximum Gasteiger partial charge on any atom is 0.223 e. The lowest BCUT2D eigenvalue weighted by Gasteiger charge is -2.22. The standard InChI is InChI=1S/C22H29NO4/c1-4-15-26-19-11-7-17(8-12-19)22(21(6-3)23(24)25)18-9-13-20(14-10-18)27-16-5-2/h7-14,21-22H,4-6,15-16H2,1-3H3. The highest BCUT2D eigenvalue weighted by Gasteiger charge is 2.32. The van der Waals surface area contributed by atoms with Crippen LogP contribution >= 0.6 is 0 Å². The highest BCUT2D eigenvalue weighted by molar-refractivity contribution is 5.39. The van der Waals surface area contributed by atoms with Gasteiger partial charge in [-0.3, -0.25) is 10.1 Å². The van der Waals surface area contributed by atoms with Crippen molar-refractivity contribution in [2.24, 2.45) is 0 Å². The largest absolute Gasteiger partial charge is 0.494 e. The zero-order valence-corrected chi connectivity index (χ0v) is 16.4. The molecule has 1 unspecified atom stereocenters. The van der Waals surface area contributed by atoms with Crippen LogP contribution in [0.2, 0.25) is 0 Å². The van der Waals surface area contributed by atoms with Gasteiger partial charge in [-0.05, 0) is 48.2 Å². The molecule has 2 aromatic rings. The van der Waals surface area contributed by atoms with E-state index in [1.165, 1.54) is 0 Å². The molecule has 0 saturated carbocycles. The van der Waals surface area contributed by atoms with Gasteiger partial charge in [0.1, 0.15) is 11.5 Å². The van der Waals surface area contributed by atoms with Gasteiger partial charge in [0, 0.05) is 11.3 Å². The van der Waals surface area contributed by atoms with Gasteiger partial charge in [-0.2, -0.15) is 0 Å². The Hall–Kier alpha value is -2.56. The summed E-state index contributed by atoms with van der Waals surface area (Å²) in [5.74, 6) is 1.26. The number of nitrogens with zero attached hydrogens (tertiary/aromatic N) is 1. The lowest BCUT2D eigenvalue weighted by Crippen LogP contribution is -2.27. The van der Waals surface area contributed by atoms with E-state index in [0.29, 0.717) is 19.6 Å². The van der Waals surface area contributed by atoms with Gasteiger partial charge in [-0.25, -0.2) is 0 Å². The van der Waals surface area contributed by atoms with Crippen LogP contribution in [0.25, 0.3) is 0 Å². The summed E-state index contributed by atoms with van der Waals surface area (Å²) < 4.78 is 11.3. The Bertz CT molecular complexity index is 646. The van der Waals surface area contributed by atoms with Crippen molar-refractivity contribution in [2.45, 2.75) is 52.0 Å². The Morgan fingerprint density at radius 1 is 0.815 bits per heavy atom. The Morgan fingerprint density at radius 2 is 1.22 bits per heavy atom. The van der Waals surface area contributed by atoms with Crippen LogP contribution in [-0.2, 0) is 0 Å². The van der Waals surface area contributed by atoms with E-state index < -0.39 is 6.04 Å². The third kappa shape index (κ3) is 5.71. The van der Waals surface area contributed by atoms with E-state index in [1.807, 2.05) is 55.5 Å². The minimum Gasteiger partial charge on any atom is -0.494 e. The second-order valence-electron chi connectivity index (χ2n) is 6.57. The number of hydrogen-bond donors (Lipinski definition) is 0. The first-order chi connectivity index (χ1) is 13.1. The first kappa shape index (κ1) is 20.7. The van der Waals surface area contributed by atoms with E-state index >= 15 is 0 Å². The SMILES string of the molecule is CCCOc1ccc(C(c2ccc(OCCC)cc2)C(CC)[N+](=O)[O-])cc1. The molecule has 146 valence electrons. The molecule has 0 heterocycles. The minimum atomic E-state index is -0.685. The predicted molar refractivity (Wildman–Crippen MR) is 107 cm³/mol. The van der Waals surface area contributed by atoms with Crippen molar-refractivity contribution in [1.29, 1.82) is 0 Å². The second kappa shape index (κ2) is 10.6. The molecule has 0 radical (unpaired) electrons. The average Bonchev–Trinajstić information content (AvgIpc) is 2.69. The molecule has 0 aliphatic rings. The van der Waals surface area contributed by atoms with Crippen LogP contribution < -0.4 is 9.47 Å². The molecule has 1 atom stereocenters. The second-order valence-corrected chi connectivity index (χ2v) is 6.57. The molecule has 0 amide bonds. The summed E-state index contributed by atoms with van der Waals surface area (Å²) in [6.07, 6.45) is 2.34. The van der Waals surface area contributed by atoms with E-state index in [-0.39, 0.29) is 10.8 Å². The highest BCUT2D eigenvalue weighted by atomic mass is 16.6. The molecule has 2 rings (SSSR count). The number of rotatable bonds is 11. The van der Waals surface area contributed by atoms with Crippen LogP contribution in [0.1, 0.15) is 57.1 Å². The normalized spacial score (nSPS) is 12.0. The molecule has 0 aromatic heterocycles.